The lowest BCUT2D eigenvalue weighted by atomic mass is 9.96. The molecule has 0 saturated carbocycles. The summed E-state index contributed by atoms with van der Waals surface area (Å²) in [4.78, 5) is 0. The molecule has 0 unspecified atom stereocenters. The number of allylic oxidation sites excluding steroid dienone is 1. The minimum atomic E-state index is -2.11. The number of aliphatic hydroxyl groups excluding tert-OH is 1. The van der Waals surface area contributed by atoms with E-state index in [1.807, 2.05) is 24.3 Å². The van der Waals surface area contributed by atoms with Gasteiger partial charge >= 0.3 is 0 Å². The van der Waals surface area contributed by atoms with E-state index in [1.54, 1.807) is 14.2 Å². The van der Waals surface area contributed by atoms with Crippen LogP contribution in [0, 0.1) is 0 Å². The summed E-state index contributed by atoms with van der Waals surface area (Å²) >= 11 is 0. The molecule has 148 valence electrons. The molecule has 2 rings (SSSR count). The molecule has 0 bridgehead atoms. The van der Waals surface area contributed by atoms with Crippen molar-refractivity contribution in [2.24, 2.45) is 0 Å². The molecule has 0 aromatic heterocycles. The summed E-state index contributed by atoms with van der Waals surface area (Å²) < 4.78 is 17.8. The van der Waals surface area contributed by atoms with Crippen molar-refractivity contribution in [3.63, 3.8) is 0 Å². The fourth-order valence-corrected chi connectivity index (χ4v) is 3.88. The average molecular weight is 389 g/mol. The van der Waals surface area contributed by atoms with Crippen molar-refractivity contribution < 1.29 is 19.0 Å². The average Bonchev–Trinajstić information content (AvgIpc) is 2.61. The monoisotopic (exact) mass is 388 g/mol. The Labute approximate surface area is 163 Å². The van der Waals surface area contributed by atoms with Crippen LogP contribution in [0.2, 0.25) is 18.1 Å². The number of methoxy groups -OCH3 is 2. The second-order valence-corrected chi connectivity index (χ2v) is 13.0. The minimum absolute atomic E-state index is 0.0446. The molecule has 0 fully saturated rings. The Bertz CT molecular complexity index is 835. The molecule has 2 aromatic carbocycles. The van der Waals surface area contributed by atoms with E-state index in [2.05, 4.69) is 40.4 Å². The van der Waals surface area contributed by atoms with Gasteiger partial charge in [0.1, 0.15) is 17.2 Å². The SMILES string of the molecule is C=CCc1c(CO)cc2c(OC)cc(OC)cc2c1O[Si](C)(C)C(C)(C)C. The summed E-state index contributed by atoms with van der Waals surface area (Å²) in [6.45, 7) is 14.9. The lowest BCUT2D eigenvalue weighted by molar-refractivity contribution is 0.280. The number of rotatable bonds is 7. The highest BCUT2D eigenvalue weighted by molar-refractivity contribution is 6.74. The van der Waals surface area contributed by atoms with Crippen molar-refractivity contribution >= 4 is 19.1 Å². The molecule has 1 N–H and O–H groups in total. The summed E-state index contributed by atoms with van der Waals surface area (Å²) in [6.07, 6.45) is 2.46. The number of benzene rings is 2. The maximum Gasteiger partial charge on any atom is 0.250 e. The molecule has 0 atom stereocenters. The van der Waals surface area contributed by atoms with E-state index in [4.69, 9.17) is 13.9 Å². The predicted octanol–water partition coefficient (Wildman–Crippen LogP) is 5.46. The van der Waals surface area contributed by atoms with Crippen LogP contribution in [0.1, 0.15) is 31.9 Å². The third-order valence-electron chi connectivity index (χ3n) is 5.48. The number of hydrogen-bond acceptors (Lipinski definition) is 4. The third-order valence-corrected chi connectivity index (χ3v) is 9.81. The predicted molar refractivity (Wildman–Crippen MR) is 115 cm³/mol. The van der Waals surface area contributed by atoms with Crippen molar-refractivity contribution in [2.75, 3.05) is 14.2 Å². The van der Waals surface area contributed by atoms with Gasteiger partial charge in [-0.05, 0) is 42.2 Å². The van der Waals surface area contributed by atoms with Crippen LogP contribution in [0.3, 0.4) is 0 Å². The van der Waals surface area contributed by atoms with Crippen LogP contribution in [-0.2, 0) is 13.0 Å². The first-order chi connectivity index (χ1) is 12.6. The molecular weight excluding hydrogens is 356 g/mol. The quantitative estimate of drug-likeness (QED) is 0.505. The first-order valence-corrected chi connectivity index (χ1v) is 12.1. The number of ether oxygens (including phenoxy) is 2. The van der Waals surface area contributed by atoms with E-state index >= 15 is 0 Å². The first kappa shape index (κ1) is 21.3. The van der Waals surface area contributed by atoms with Gasteiger partial charge in [0.05, 0.1) is 20.8 Å². The van der Waals surface area contributed by atoms with Crippen LogP contribution >= 0.6 is 0 Å². The second kappa shape index (κ2) is 7.95. The van der Waals surface area contributed by atoms with Crippen LogP contribution in [0.5, 0.6) is 17.2 Å². The molecule has 0 spiro atoms. The molecule has 0 saturated heterocycles. The van der Waals surface area contributed by atoms with E-state index in [-0.39, 0.29) is 11.6 Å². The lowest BCUT2D eigenvalue weighted by Crippen LogP contribution is -2.44. The highest BCUT2D eigenvalue weighted by atomic mass is 28.4. The molecule has 0 aliphatic carbocycles. The standard InChI is InChI=1S/C22H32O4Si/c1-9-10-17-15(14-23)11-18-19(12-16(24-5)13-20(18)25-6)21(17)26-27(7,8)22(2,3)4/h9,11-13,23H,1,10,14H2,2-8H3. The molecule has 0 heterocycles. The Balaban J connectivity index is 2.90. The van der Waals surface area contributed by atoms with Gasteiger partial charge in [-0.3, -0.25) is 0 Å². The Morgan fingerprint density at radius 1 is 1.07 bits per heavy atom. The zero-order valence-corrected chi connectivity index (χ0v) is 18.6. The summed E-state index contributed by atoms with van der Waals surface area (Å²) in [6, 6.07) is 5.81. The lowest BCUT2D eigenvalue weighted by Gasteiger charge is -2.37. The molecule has 0 radical (unpaired) electrons. The van der Waals surface area contributed by atoms with Gasteiger partial charge in [0.25, 0.3) is 8.32 Å². The molecule has 2 aromatic rings. The first-order valence-electron chi connectivity index (χ1n) is 9.20. The fraction of sp³-hybridized carbons (Fsp3) is 0.455. The van der Waals surface area contributed by atoms with Crippen LogP contribution in [0.15, 0.2) is 30.9 Å². The topological polar surface area (TPSA) is 47.9 Å². The van der Waals surface area contributed by atoms with E-state index in [0.29, 0.717) is 17.9 Å². The number of fused-ring (bicyclic) bond motifs is 1. The van der Waals surface area contributed by atoms with Crippen molar-refractivity contribution in [3.05, 3.63) is 42.0 Å². The maximum atomic E-state index is 10.0. The van der Waals surface area contributed by atoms with Crippen LogP contribution in [0.25, 0.3) is 10.8 Å². The summed E-state index contributed by atoms with van der Waals surface area (Å²) in [5, 5.41) is 11.9. The minimum Gasteiger partial charge on any atom is -0.543 e. The van der Waals surface area contributed by atoms with Crippen molar-refractivity contribution in [1.29, 1.82) is 0 Å². The van der Waals surface area contributed by atoms with Crippen molar-refractivity contribution in [3.8, 4) is 17.2 Å². The Hall–Kier alpha value is -1.98. The van der Waals surface area contributed by atoms with Gasteiger partial charge in [0, 0.05) is 22.4 Å². The zero-order valence-electron chi connectivity index (χ0n) is 17.6. The molecule has 0 aliphatic rings. The third kappa shape index (κ3) is 4.14. The smallest absolute Gasteiger partial charge is 0.250 e. The molecular formula is C22H32O4Si. The van der Waals surface area contributed by atoms with Crippen molar-refractivity contribution in [2.45, 2.75) is 51.9 Å². The van der Waals surface area contributed by atoms with Crippen molar-refractivity contribution in [1.82, 2.24) is 0 Å². The Morgan fingerprint density at radius 3 is 2.22 bits per heavy atom. The molecule has 0 aliphatic heterocycles. The van der Waals surface area contributed by atoms with Crippen LogP contribution in [-0.4, -0.2) is 27.6 Å². The largest absolute Gasteiger partial charge is 0.543 e. The van der Waals surface area contributed by atoms with E-state index < -0.39 is 8.32 Å². The molecule has 5 heteroatoms. The van der Waals surface area contributed by atoms with E-state index in [9.17, 15) is 5.11 Å². The van der Waals surface area contributed by atoms with Gasteiger partial charge in [0.2, 0.25) is 0 Å². The summed E-state index contributed by atoms with van der Waals surface area (Å²) in [7, 11) is 1.17. The van der Waals surface area contributed by atoms with Gasteiger partial charge in [-0.2, -0.15) is 0 Å². The molecule has 4 nitrogen and oxygen atoms in total. The van der Waals surface area contributed by atoms with E-state index in [1.165, 1.54) is 0 Å². The van der Waals surface area contributed by atoms with Gasteiger partial charge in [-0.15, -0.1) is 6.58 Å². The normalized spacial score (nSPS) is 12.1. The summed E-state index contributed by atoms with van der Waals surface area (Å²) in [5.41, 5.74) is 1.81. The summed E-state index contributed by atoms with van der Waals surface area (Å²) in [5.74, 6) is 2.21. The van der Waals surface area contributed by atoms with Gasteiger partial charge in [0.15, 0.2) is 0 Å². The highest BCUT2D eigenvalue weighted by Crippen LogP contribution is 2.45. The van der Waals surface area contributed by atoms with Gasteiger partial charge in [-0.1, -0.05) is 26.8 Å². The molecule has 27 heavy (non-hydrogen) atoms. The number of hydrogen-bond donors (Lipinski definition) is 1. The zero-order chi connectivity index (χ0) is 20.4. The fourth-order valence-electron chi connectivity index (χ4n) is 2.83. The van der Waals surface area contributed by atoms with Crippen LogP contribution < -0.4 is 13.9 Å². The number of aliphatic hydroxyl groups is 1. The Kier molecular flexibility index (Phi) is 6.27. The maximum absolute atomic E-state index is 10.0. The second-order valence-electron chi connectivity index (χ2n) is 8.28. The Morgan fingerprint density at radius 2 is 1.74 bits per heavy atom. The van der Waals surface area contributed by atoms with Crippen LogP contribution in [0.4, 0.5) is 0 Å². The van der Waals surface area contributed by atoms with E-state index in [0.717, 1.165) is 27.6 Å². The van der Waals surface area contributed by atoms with Gasteiger partial charge < -0.3 is 19.0 Å². The molecule has 0 amide bonds. The highest BCUT2D eigenvalue weighted by Gasteiger charge is 2.40. The van der Waals surface area contributed by atoms with Gasteiger partial charge in [-0.25, -0.2) is 0 Å².